The molecule has 11 nitrogen and oxygen atoms in total. The van der Waals surface area contributed by atoms with E-state index >= 15 is 0 Å². The number of hydrogen-bond acceptors (Lipinski definition) is 9. The molecule has 2 aromatic carbocycles. The van der Waals surface area contributed by atoms with Crippen LogP contribution < -0.4 is 35.6 Å². The highest BCUT2D eigenvalue weighted by molar-refractivity contribution is 7.91. The molecule has 0 aromatic heterocycles. The first-order valence-corrected chi connectivity index (χ1v) is 14.8. The summed E-state index contributed by atoms with van der Waals surface area (Å²) in [5, 5.41) is 8.69. The lowest BCUT2D eigenvalue weighted by atomic mass is 9.95. The van der Waals surface area contributed by atoms with E-state index in [1.165, 1.54) is 27.2 Å². The van der Waals surface area contributed by atoms with Crippen LogP contribution in [0.5, 0.6) is 17.2 Å². The summed E-state index contributed by atoms with van der Waals surface area (Å²) in [7, 11) is 1.43. The number of benzene rings is 1. The third-order valence-corrected chi connectivity index (χ3v) is 9.03. The van der Waals surface area contributed by atoms with E-state index in [9.17, 15) is 22.8 Å². The second-order valence-corrected chi connectivity index (χ2v) is 12.3. The first-order chi connectivity index (χ1) is 19.0. The molecule has 2 amide bonds. The SMILES string of the molecule is COc1cc2c(c(OC)c1OC)-c1ccc(N[C@@H](C)C(=O)N[C@@H]3CCS(=O)(=O)C3)c(=O)cc1[C@@H](NC(C)=O)CC2. The van der Waals surface area contributed by atoms with Crippen LogP contribution >= 0.6 is 0 Å². The first-order valence-electron chi connectivity index (χ1n) is 13.0. The molecule has 2 aromatic rings. The molecule has 12 heteroatoms. The van der Waals surface area contributed by atoms with Gasteiger partial charge in [0.05, 0.1) is 44.6 Å². The van der Waals surface area contributed by atoms with Crippen LogP contribution in [0.3, 0.4) is 0 Å². The Morgan fingerprint density at radius 1 is 1.00 bits per heavy atom. The van der Waals surface area contributed by atoms with Crippen molar-refractivity contribution in [3.63, 3.8) is 0 Å². The highest BCUT2D eigenvalue weighted by atomic mass is 32.2. The molecule has 4 rings (SSSR count). The van der Waals surface area contributed by atoms with Crippen LogP contribution in [0.4, 0.5) is 5.69 Å². The van der Waals surface area contributed by atoms with E-state index < -0.39 is 33.9 Å². The van der Waals surface area contributed by atoms with E-state index in [1.54, 1.807) is 26.2 Å². The predicted molar refractivity (Wildman–Crippen MR) is 151 cm³/mol. The molecule has 1 aliphatic carbocycles. The molecule has 3 atom stereocenters. The van der Waals surface area contributed by atoms with Crippen LogP contribution in [0.1, 0.15) is 43.9 Å². The number of amides is 2. The van der Waals surface area contributed by atoms with E-state index in [2.05, 4.69) is 16.0 Å². The number of hydrogen-bond donors (Lipinski definition) is 3. The number of carbonyl (C=O) groups excluding carboxylic acids is 2. The molecule has 1 aliphatic heterocycles. The highest BCUT2D eigenvalue weighted by Crippen LogP contribution is 2.50. The van der Waals surface area contributed by atoms with Crippen molar-refractivity contribution in [2.75, 3.05) is 38.2 Å². The maximum atomic E-state index is 13.5. The minimum Gasteiger partial charge on any atom is -0.493 e. The first kappa shape index (κ1) is 29.2. The summed E-state index contributed by atoms with van der Waals surface area (Å²) in [6.07, 6.45) is 1.46. The summed E-state index contributed by atoms with van der Waals surface area (Å²) in [6.45, 7) is 3.03. The Kier molecular flexibility index (Phi) is 8.57. The van der Waals surface area contributed by atoms with Gasteiger partial charge in [0.25, 0.3) is 0 Å². The fourth-order valence-corrected chi connectivity index (χ4v) is 7.03. The van der Waals surface area contributed by atoms with Gasteiger partial charge >= 0.3 is 0 Å². The van der Waals surface area contributed by atoms with Crippen molar-refractivity contribution in [1.82, 2.24) is 10.6 Å². The zero-order chi connectivity index (χ0) is 29.2. The Balaban J connectivity index is 1.78. The number of fused-ring (bicyclic) bond motifs is 3. The summed E-state index contributed by atoms with van der Waals surface area (Å²) in [6, 6.07) is 4.98. The summed E-state index contributed by atoms with van der Waals surface area (Å²) in [5.41, 5.74) is 2.70. The summed E-state index contributed by atoms with van der Waals surface area (Å²) < 4.78 is 40.5. The Morgan fingerprint density at radius 3 is 2.33 bits per heavy atom. The molecule has 0 radical (unpaired) electrons. The number of anilines is 1. The van der Waals surface area contributed by atoms with Crippen LogP contribution in [-0.2, 0) is 25.8 Å². The number of carbonyl (C=O) groups is 2. The zero-order valence-electron chi connectivity index (χ0n) is 23.3. The quantitative estimate of drug-likeness (QED) is 0.431. The topological polar surface area (TPSA) is 149 Å². The van der Waals surface area contributed by atoms with Crippen molar-refractivity contribution in [1.29, 1.82) is 0 Å². The third kappa shape index (κ3) is 6.01. The van der Waals surface area contributed by atoms with Crippen LogP contribution in [0.25, 0.3) is 11.1 Å². The van der Waals surface area contributed by atoms with Crippen molar-refractivity contribution in [3.8, 4) is 28.4 Å². The Hall–Kier alpha value is -3.80. The average molecular weight is 574 g/mol. The molecule has 2 aliphatic rings. The lowest BCUT2D eigenvalue weighted by molar-refractivity contribution is -0.122. The van der Waals surface area contributed by atoms with Gasteiger partial charge in [-0.25, -0.2) is 8.42 Å². The van der Waals surface area contributed by atoms with Gasteiger partial charge in [-0.3, -0.25) is 14.4 Å². The summed E-state index contributed by atoms with van der Waals surface area (Å²) in [4.78, 5) is 38.4. The van der Waals surface area contributed by atoms with Gasteiger partial charge in [0.15, 0.2) is 21.3 Å². The van der Waals surface area contributed by atoms with Crippen molar-refractivity contribution in [2.24, 2.45) is 0 Å². The smallest absolute Gasteiger partial charge is 0.242 e. The molecular formula is C28H35N3O8S. The zero-order valence-corrected chi connectivity index (χ0v) is 24.1. The van der Waals surface area contributed by atoms with Gasteiger partial charge in [-0.1, -0.05) is 6.07 Å². The van der Waals surface area contributed by atoms with Gasteiger partial charge in [0.2, 0.25) is 23.0 Å². The molecule has 216 valence electrons. The molecule has 1 saturated heterocycles. The molecule has 0 spiro atoms. The maximum Gasteiger partial charge on any atom is 0.242 e. The van der Waals surface area contributed by atoms with Gasteiger partial charge in [-0.05, 0) is 61.1 Å². The largest absolute Gasteiger partial charge is 0.493 e. The number of sulfone groups is 1. The van der Waals surface area contributed by atoms with E-state index in [0.717, 1.165) is 11.1 Å². The van der Waals surface area contributed by atoms with E-state index in [-0.39, 0.29) is 28.5 Å². The lowest BCUT2D eigenvalue weighted by Gasteiger charge is -2.19. The second kappa shape index (κ2) is 11.7. The molecular weight excluding hydrogens is 538 g/mol. The average Bonchev–Trinajstić information content (AvgIpc) is 3.08. The molecule has 1 heterocycles. The highest BCUT2D eigenvalue weighted by Gasteiger charge is 2.31. The minimum atomic E-state index is -3.15. The van der Waals surface area contributed by atoms with Crippen LogP contribution in [0.15, 0.2) is 29.1 Å². The van der Waals surface area contributed by atoms with Crippen molar-refractivity contribution in [2.45, 2.75) is 51.2 Å². The predicted octanol–water partition coefficient (Wildman–Crippen LogP) is 1.97. The molecule has 0 bridgehead atoms. The van der Waals surface area contributed by atoms with Gasteiger partial charge in [-0.15, -0.1) is 0 Å². The standard InChI is InChI=1S/C28H35N3O8S/c1-15(28(34)31-18-10-11-40(35,36)14-18)29-22-9-7-19-20(13-23(22)33)21(30-16(2)32)8-6-17-12-24(37-3)26(38-4)27(39-5)25(17)19/h7,9,12-13,15,18,21H,6,8,10-11,14H2,1-5H3,(H,29,33)(H,30,32)(H,31,34)/t15-,18+,21-/m0/s1. The summed E-state index contributed by atoms with van der Waals surface area (Å²) in [5.74, 6) is 0.648. The van der Waals surface area contributed by atoms with Gasteiger partial charge in [0.1, 0.15) is 6.04 Å². The number of methoxy groups -OCH3 is 3. The minimum absolute atomic E-state index is 0.0433. The molecule has 0 saturated carbocycles. The molecule has 40 heavy (non-hydrogen) atoms. The number of rotatable bonds is 8. The number of ether oxygens (including phenoxy) is 3. The number of aryl methyl sites for hydroxylation is 1. The summed E-state index contributed by atoms with van der Waals surface area (Å²) >= 11 is 0. The molecule has 3 N–H and O–H groups in total. The normalized spacial score (nSPS) is 19.7. The lowest BCUT2D eigenvalue weighted by Crippen LogP contribution is -2.44. The van der Waals surface area contributed by atoms with Crippen LogP contribution in [0.2, 0.25) is 0 Å². The molecule has 1 fully saturated rings. The maximum absolute atomic E-state index is 13.5. The van der Waals surface area contributed by atoms with E-state index in [1.807, 2.05) is 6.07 Å². The van der Waals surface area contributed by atoms with Crippen molar-refractivity contribution < 1.29 is 32.2 Å². The Morgan fingerprint density at radius 2 is 1.73 bits per heavy atom. The van der Waals surface area contributed by atoms with E-state index in [0.29, 0.717) is 47.6 Å². The molecule has 0 unspecified atom stereocenters. The van der Waals surface area contributed by atoms with Crippen molar-refractivity contribution in [3.05, 3.63) is 45.6 Å². The van der Waals surface area contributed by atoms with Gasteiger partial charge in [-0.2, -0.15) is 0 Å². The third-order valence-electron chi connectivity index (χ3n) is 7.26. The van der Waals surface area contributed by atoms with E-state index in [4.69, 9.17) is 14.2 Å². The second-order valence-electron chi connectivity index (χ2n) is 10.1. The Labute approximate surface area is 233 Å². The fraction of sp³-hybridized carbons (Fsp3) is 0.464. The van der Waals surface area contributed by atoms with Crippen LogP contribution in [-0.4, -0.2) is 65.2 Å². The Bertz CT molecular complexity index is 1490. The fourth-order valence-electron chi connectivity index (χ4n) is 5.36. The van der Waals surface area contributed by atoms with Gasteiger partial charge in [0, 0.05) is 18.5 Å². The van der Waals surface area contributed by atoms with Crippen molar-refractivity contribution >= 4 is 27.3 Å². The van der Waals surface area contributed by atoms with Gasteiger partial charge < -0.3 is 30.2 Å². The monoisotopic (exact) mass is 573 g/mol. The van der Waals surface area contributed by atoms with Crippen LogP contribution in [0, 0.1) is 0 Å². The number of nitrogens with one attached hydrogen (secondary N) is 3.